The molecule has 2 rings (SSSR count). The van der Waals surface area contributed by atoms with Gasteiger partial charge in [-0.1, -0.05) is 30.3 Å². The molecule has 1 aliphatic rings. The fraction of sp³-hybridized carbons (Fsp3) is 0.500. The average Bonchev–Trinajstić information content (AvgIpc) is 2.55. The van der Waals surface area contributed by atoms with Gasteiger partial charge in [0.25, 0.3) is 0 Å². The first kappa shape index (κ1) is 10.6. The van der Waals surface area contributed by atoms with Crippen LogP contribution >= 0.6 is 0 Å². The molecule has 0 spiro atoms. The number of nitrogens with one attached hydrogen (secondary N) is 1. The second-order valence-electron chi connectivity index (χ2n) is 4.39. The van der Waals surface area contributed by atoms with Crippen molar-refractivity contribution < 1.29 is 9.84 Å². The van der Waals surface area contributed by atoms with Crippen molar-refractivity contribution in [1.82, 2.24) is 5.32 Å². The van der Waals surface area contributed by atoms with Crippen molar-refractivity contribution in [2.45, 2.75) is 31.7 Å². The van der Waals surface area contributed by atoms with Crippen LogP contribution in [-0.4, -0.2) is 23.5 Å². The number of aliphatic hydroxyl groups is 1. The normalized spacial score (nSPS) is 29.3. The van der Waals surface area contributed by atoms with Gasteiger partial charge in [-0.3, -0.25) is 5.32 Å². The Morgan fingerprint density at radius 3 is 2.60 bits per heavy atom. The molecule has 82 valence electrons. The van der Waals surface area contributed by atoms with Gasteiger partial charge in [-0.25, -0.2) is 0 Å². The number of aliphatic hydroxyl groups excluding tert-OH is 1. The number of benzene rings is 1. The second-order valence-corrected chi connectivity index (χ2v) is 4.39. The van der Waals surface area contributed by atoms with Crippen molar-refractivity contribution in [3.05, 3.63) is 35.9 Å². The predicted octanol–water partition coefficient (Wildman–Crippen LogP) is 1.44. The molecule has 1 fully saturated rings. The molecule has 0 aliphatic carbocycles. The summed E-state index contributed by atoms with van der Waals surface area (Å²) in [7, 11) is 0. The lowest BCUT2D eigenvalue weighted by atomic mass is 10.0. The van der Waals surface area contributed by atoms with Gasteiger partial charge >= 0.3 is 0 Å². The van der Waals surface area contributed by atoms with Crippen molar-refractivity contribution in [3.8, 4) is 0 Å². The highest BCUT2D eigenvalue weighted by molar-refractivity contribution is 5.20. The summed E-state index contributed by atoms with van der Waals surface area (Å²) in [6.07, 6.45) is -0.0637. The molecular weight excluding hydrogens is 190 g/mol. The van der Waals surface area contributed by atoms with E-state index in [-0.39, 0.29) is 24.5 Å². The molecule has 0 unspecified atom stereocenters. The van der Waals surface area contributed by atoms with Crippen molar-refractivity contribution in [3.63, 3.8) is 0 Å². The average molecular weight is 207 g/mol. The topological polar surface area (TPSA) is 41.5 Å². The number of hydrogen-bond donors (Lipinski definition) is 2. The third kappa shape index (κ3) is 2.20. The lowest BCUT2D eigenvalue weighted by Crippen LogP contribution is -2.40. The molecule has 0 saturated carbocycles. The van der Waals surface area contributed by atoms with E-state index >= 15 is 0 Å². The van der Waals surface area contributed by atoms with E-state index in [1.165, 1.54) is 0 Å². The largest absolute Gasteiger partial charge is 0.395 e. The molecule has 0 amide bonds. The van der Waals surface area contributed by atoms with Crippen molar-refractivity contribution in [2.24, 2.45) is 0 Å². The quantitative estimate of drug-likeness (QED) is 0.771. The Balaban J connectivity index is 2.22. The standard InChI is InChI=1S/C12H17NO2/c1-12(2)13-10(8-14)11(15-12)9-6-4-3-5-7-9/h3-7,10-11,13-14H,8H2,1-2H3/t10-,11-/m1/s1. The molecule has 3 heteroatoms. The Kier molecular flexibility index (Phi) is 2.78. The van der Waals surface area contributed by atoms with Crippen LogP contribution in [0.5, 0.6) is 0 Å². The molecule has 1 aromatic carbocycles. The fourth-order valence-corrected chi connectivity index (χ4v) is 2.04. The summed E-state index contributed by atoms with van der Waals surface area (Å²) in [6.45, 7) is 4.03. The molecule has 3 nitrogen and oxygen atoms in total. The van der Waals surface area contributed by atoms with E-state index in [4.69, 9.17) is 4.74 Å². The smallest absolute Gasteiger partial charge is 0.114 e. The Morgan fingerprint density at radius 1 is 1.33 bits per heavy atom. The van der Waals surface area contributed by atoms with E-state index in [0.717, 1.165) is 5.56 Å². The minimum Gasteiger partial charge on any atom is -0.395 e. The maximum atomic E-state index is 9.29. The summed E-state index contributed by atoms with van der Waals surface area (Å²) in [5.41, 5.74) is 0.739. The molecule has 2 N–H and O–H groups in total. The zero-order valence-electron chi connectivity index (χ0n) is 9.10. The minimum absolute atomic E-state index is 0.0256. The summed E-state index contributed by atoms with van der Waals surface area (Å²) in [5.74, 6) is 0. The monoisotopic (exact) mass is 207 g/mol. The Bertz CT molecular complexity index is 324. The van der Waals surface area contributed by atoms with Crippen LogP contribution < -0.4 is 5.32 Å². The summed E-state index contributed by atoms with van der Waals surface area (Å²) in [4.78, 5) is 0. The maximum absolute atomic E-state index is 9.29. The molecule has 1 aromatic rings. The first-order chi connectivity index (χ1) is 7.12. The highest BCUT2D eigenvalue weighted by Gasteiger charge is 2.39. The molecular formula is C12H17NO2. The zero-order valence-corrected chi connectivity index (χ0v) is 9.10. The molecule has 1 aliphatic heterocycles. The van der Waals surface area contributed by atoms with Gasteiger partial charge in [-0.15, -0.1) is 0 Å². The van der Waals surface area contributed by atoms with Crippen LogP contribution in [-0.2, 0) is 4.74 Å². The maximum Gasteiger partial charge on any atom is 0.114 e. The van der Waals surface area contributed by atoms with Crippen LogP contribution in [0.3, 0.4) is 0 Å². The molecule has 15 heavy (non-hydrogen) atoms. The highest BCUT2D eigenvalue weighted by atomic mass is 16.5. The lowest BCUT2D eigenvalue weighted by molar-refractivity contribution is -0.0274. The van der Waals surface area contributed by atoms with Gasteiger partial charge in [0, 0.05) is 0 Å². The number of hydrogen-bond acceptors (Lipinski definition) is 3. The number of rotatable bonds is 2. The third-order valence-corrected chi connectivity index (χ3v) is 2.64. The Labute approximate surface area is 90.1 Å². The van der Waals surface area contributed by atoms with Crippen LogP contribution in [0.15, 0.2) is 30.3 Å². The Hall–Kier alpha value is -0.900. The first-order valence-electron chi connectivity index (χ1n) is 5.24. The molecule has 1 heterocycles. The third-order valence-electron chi connectivity index (χ3n) is 2.64. The van der Waals surface area contributed by atoms with Crippen LogP contribution in [0.2, 0.25) is 0 Å². The number of ether oxygens (including phenoxy) is 1. The fourth-order valence-electron chi connectivity index (χ4n) is 2.04. The van der Waals surface area contributed by atoms with E-state index in [0.29, 0.717) is 0 Å². The van der Waals surface area contributed by atoms with Crippen LogP contribution in [0.1, 0.15) is 25.5 Å². The van der Waals surface area contributed by atoms with Crippen LogP contribution in [0, 0.1) is 0 Å². The predicted molar refractivity (Wildman–Crippen MR) is 58.4 cm³/mol. The Morgan fingerprint density at radius 2 is 2.00 bits per heavy atom. The summed E-state index contributed by atoms with van der Waals surface area (Å²) < 4.78 is 5.87. The van der Waals surface area contributed by atoms with Gasteiger partial charge in [0.15, 0.2) is 0 Å². The molecule has 2 atom stereocenters. The van der Waals surface area contributed by atoms with E-state index in [9.17, 15) is 5.11 Å². The van der Waals surface area contributed by atoms with Gasteiger partial charge in [-0.2, -0.15) is 0 Å². The molecule has 0 bridgehead atoms. The van der Waals surface area contributed by atoms with E-state index < -0.39 is 0 Å². The summed E-state index contributed by atoms with van der Waals surface area (Å²) in [6, 6.07) is 9.97. The van der Waals surface area contributed by atoms with Crippen molar-refractivity contribution in [2.75, 3.05) is 6.61 Å². The van der Waals surface area contributed by atoms with Crippen molar-refractivity contribution in [1.29, 1.82) is 0 Å². The molecule has 1 saturated heterocycles. The van der Waals surface area contributed by atoms with Gasteiger partial charge in [-0.05, 0) is 19.4 Å². The van der Waals surface area contributed by atoms with Gasteiger partial charge in [0.2, 0.25) is 0 Å². The van der Waals surface area contributed by atoms with Crippen LogP contribution in [0.4, 0.5) is 0 Å². The first-order valence-corrected chi connectivity index (χ1v) is 5.24. The highest BCUT2D eigenvalue weighted by Crippen LogP contribution is 2.32. The molecule has 0 aromatic heterocycles. The summed E-state index contributed by atoms with van der Waals surface area (Å²) >= 11 is 0. The van der Waals surface area contributed by atoms with Crippen LogP contribution in [0.25, 0.3) is 0 Å². The lowest BCUT2D eigenvalue weighted by Gasteiger charge is -2.18. The van der Waals surface area contributed by atoms with Gasteiger partial charge < -0.3 is 9.84 Å². The SMILES string of the molecule is CC1(C)N[C@H](CO)[C@@H](c2ccccc2)O1. The summed E-state index contributed by atoms with van der Waals surface area (Å²) in [5, 5.41) is 12.5. The zero-order chi connectivity index (χ0) is 10.9. The minimum atomic E-state index is -0.367. The van der Waals surface area contributed by atoms with E-state index in [1.807, 2.05) is 44.2 Å². The van der Waals surface area contributed by atoms with E-state index in [1.54, 1.807) is 0 Å². The van der Waals surface area contributed by atoms with Gasteiger partial charge in [0.1, 0.15) is 11.8 Å². The second kappa shape index (κ2) is 3.93. The van der Waals surface area contributed by atoms with Gasteiger partial charge in [0.05, 0.1) is 12.6 Å². The van der Waals surface area contributed by atoms with Crippen molar-refractivity contribution >= 4 is 0 Å². The molecule has 0 radical (unpaired) electrons. The van der Waals surface area contributed by atoms with E-state index in [2.05, 4.69) is 5.32 Å².